The molecule has 0 fully saturated rings. The van der Waals surface area contributed by atoms with Crippen LogP contribution in [0.3, 0.4) is 0 Å². The Morgan fingerprint density at radius 2 is 2.10 bits per heavy atom. The largest absolute Gasteiger partial charge is 0.502 e. The molecule has 106 valence electrons. The van der Waals surface area contributed by atoms with E-state index < -0.39 is 16.4 Å². The summed E-state index contributed by atoms with van der Waals surface area (Å²) in [6.07, 6.45) is 0. The average Bonchev–Trinajstić information content (AvgIpc) is 2.90. The highest BCUT2D eigenvalue weighted by Gasteiger charge is 2.22. The smallest absolute Gasteiger partial charge is 0.315 e. The number of para-hydroxylation sites is 2. The minimum atomic E-state index is -0.663. The molecule has 2 N–H and O–H groups in total. The van der Waals surface area contributed by atoms with Crippen LogP contribution < -0.4 is 4.74 Å². The molecular weight excluding hydrogens is 274 g/mol. The monoisotopic (exact) mass is 285 g/mol. The number of rotatable bonds is 3. The van der Waals surface area contributed by atoms with E-state index in [4.69, 9.17) is 4.74 Å². The van der Waals surface area contributed by atoms with Gasteiger partial charge in [-0.1, -0.05) is 12.1 Å². The number of phenolic OH excluding ortho intramolecular Hbond substituents is 1. The Bertz CT molecular complexity index is 808. The van der Waals surface area contributed by atoms with Crippen molar-refractivity contribution in [3.63, 3.8) is 0 Å². The van der Waals surface area contributed by atoms with Gasteiger partial charge in [0.2, 0.25) is 5.75 Å². The van der Waals surface area contributed by atoms with Crippen LogP contribution in [-0.2, 0) is 0 Å². The van der Waals surface area contributed by atoms with Gasteiger partial charge in [0.15, 0.2) is 0 Å². The quantitative estimate of drug-likeness (QED) is 0.569. The molecule has 3 aromatic rings. The van der Waals surface area contributed by atoms with Crippen molar-refractivity contribution in [3.05, 3.63) is 46.5 Å². The van der Waals surface area contributed by atoms with E-state index in [0.29, 0.717) is 11.3 Å². The van der Waals surface area contributed by atoms with Crippen LogP contribution in [0, 0.1) is 10.1 Å². The molecule has 0 unspecified atom stereocenters. The number of aromatic nitrogens is 2. The third-order valence-corrected chi connectivity index (χ3v) is 3.14. The highest BCUT2D eigenvalue weighted by atomic mass is 16.6. The maximum Gasteiger partial charge on any atom is 0.315 e. The predicted molar refractivity (Wildman–Crippen MR) is 76.4 cm³/mol. The van der Waals surface area contributed by atoms with Gasteiger partial charge in [-0.2, -0.15) is 0 Å². The van der Waals surface area contributed by atoms with E-state index >= 15 is 0 Å². The SMILES string of the molecule is COc1cc(-c2nc3ccccc3[nH]2)c(O)c([N+](=O)[O-])c1. The van der Waals surface area contributed by atoms with Crippen LogP contribution in [-0.4, -0.2) is 27.1 Å². The number of nitrogens with one attached hydrogen (secondary N) is 1. The number of aromatic hydroxyl groups is 1. The van der Waals surface area contributed by atoms with Crippen LogP contribution in [0.5, 0.6) is 11.5 Å². The normalized spacial score (nSPS) is 10.7. The van der Waals surface area contributed by atoms with Gasteiger partial charge in [0.1, 0.15) is 11.6 Å². The van der Waals surface area contributed by atoms with Crippen molar-refractivity contribution < 1.29 is 14.8 Å². The maximum absolute atomic E-state index is 11.0. The number of H-pyrrole nitrogens is 1. The van der Waals surface area contributed by atoms with E-state index in [1.807, 2.05) is 18.2 Å². The van der Waals surface area contributed by atoms with E-state index in [2.05, 4.69) is 9.97 Å². The number of nitro benzene ring substituents is 1. The van der Waals surface area contributed by atoms with Gasteiger partial charge in [-0.25, -0.2) is 4.98 Å². The first-order chi connectivity index (χ1) is 10.1. The number of nitro groups is 1. The first kappa shape index (κ1) is 12.9. The highest BCUT2D eigenvalue weighted by molar-refractivity contribution is 5.82. The summed E-state index contributed by atoms with van der Waals surface area (Å²) in [7, 11) is 1.40. The third-order valence-electron chi connectivity index (χ3n) is 3.14. The highest BCUT2D eigenvalue weighted by Crippen LogP contribution is 2.39. The summed E-state index contributed by atoms with van der Waals surface area (Å²) in [4.78, 5) is 17.7. The molecule has 0 spiro atoms. The zero-order valence-corrected chi connectivity index (χ0v) is 11.0. The van der Waals surface area contributed by atoms with Crippen LogP contribution in [0.15, 0.2) is 36.4 Å². The fourth-order valence-electron chi connectivity index (χ4n) is 2.11. The van der Waals surface area contributed by atoms with Crippen LogP contribution in [0.25, 0.3) is 22.4 Å². The minimum Gasteiger partial charge on any atom is -0.502 e. The molecule has 0 saturated carbocycles. The number of fused-ring (bicyclic) bond motifs is 1. The predicted octanol–water partition coefficient (Wildman–Crippen LogP) is 2.85. The Kier molecular flexibility index (Phi) is 2.94. The second-order valence-corrected chi connectivity index (χ2v) is 4.40. The van der Waals surface area contributed by atoms with Crippen LogP contribution in [0.2, 0.25) is 0 Å². The zero-order valence-electron chi connectivity index (χ0n) is 11.0. The van der Waals surface area contributed by atoms with Gasteiger partial charge in [0.05, 0.1) is 34.7 Å². The number of aromatic amines is 1. The molecule has 0 bridgehead atoms. The molecule has 0 aliphatic carbocycles. The molecule has 0 atom stereocenters. The van der Waals surface area contributed by atoms with E-state index in [9.17, 15) is 15.2 Å². The van der Waals surface area contributed by atoms with E-state index in [-0.39, 0.29) is 11.3 Å². The first-order valence-electron chi connectivity index (χ1n) is 6.10. The van der Waals surface area contributed by atoms with Gasteiger partial charge in [-0.05, 0) is 18.2 Å². The number of nitrogens with zero attached hydrogens (tertiary/aromatic N) is 2. The lowest BCUT2D eigenvalue weighted by Crippen LogP contribution is -1.94. The van der Waals surface area contributed by atoms with Gasteiger partial charge in [0, 0.05) is 0 Å². The van der Waals surface area contributed by atoms with Crippen molar-refractivity contribution in [3.8, 4) is 22.9 Å². The number of hydrogen-bond donors (Lipinski definition) is 2. The Labute approximate surface area is 119 Å². The molecule has 3 rings (SSSR count). The summed E-state index contributed by atoms with van der Waals surface area (Å²) >= 11 is 0. The molecule has 7 nitrogen and oxygen atoms in total. The molecule has 1 aromatic heterocycles. The summed E-state index contributed by atoms with van der Waals surface area (Å²) in [6, 6.07) is 9.99. The average molecular weight is 285 g/mol. The number of ether oxygens (including phenoxy) is 1. The third kappa shape index (κ3) is 2.14. The van der Waals surface area contributed by atoms with Crippen LogP contribution in [0.1, 0.15) is 0 Å². The summed E-state index contributed by atoms with van der Waals surface area (Å²) < 4.78 is 5.04. The van der Waals surface area contributed by atoms with Crippen molar-refractivity contribution in [2.45, 2.75) is 0 Å². The Hall–Kier alpha value is -3.09. The van der Waals surface area contributed by atoms with Crippen molar-refractivity contribution in [2.75, 3.05) is 7.11 Å². The number of benzene rings is 2. The molecule has 0 radical (unpaired) electrons. The molecular formula is C14H11N3O4. The molecule has 2 aromatic carbocycles. The lowest BCUT2D eigenvalue weighted by atomic mass is 10.1. The van der Waals surface area contributed by atoms with Gasteiger partial charge in [-0.15, -0.1) is 0 Å². The lowest BCUT2D eigenvalue weighted by molar-refractivity contribution is -0.385. The molecule has 0 amide bonds. The summed E-state index contributed by atoms with van der Waals surface area (Å²) in [6.45, 7) is 0. The van der Waals surface area contributed by atoms with Crippen molar-refractivity contribution in [1.82, 2.24) is 9.97 Å². The molecule has 7 heteroatoms. The van der Waals surface area contributed by atoms with Gasteiger partial charge < -0.3 is 14.8 Å². The van der Waals surface area contributed by atoms with Gasteiger partial charge in [-0.3, -0.25) is 10.1 Å². The lowest BCUT2D eigenvalue weighted by Gasteiger charge is -2.06. The molecule has 1 heterocycles. The molecule has 0 aliphatic heterocycles. The number of methoxy groups -OCH3 is 1. The number of imidazole rings is 1. The second kappa shape index (κ2) is 4.78. The van der Waals surface area contributed by atoms with Crippen LogP contribution in [0.4, 0.5) is 5.69 Å². The van der Waals surface area contributed by atoms with Crippen molar-refractivity contribution in [2.24, 2.45) is 0 Å². The van der Waals surface area contributed by atoms with Crippen molar-refractivity contribution >= 4 is 16.7 Å². The molecule has 21 heavy (non-hydrogen) atoms. The second-order valence-electron chi connectivity index (χ2n) is 4.40. The maximum atomic E-state index is 11.0. The Morgan fingerprint density at radius 1 is 1.33 bits per heavy atom. The van der Waals surface area contributed by atoms with Crippen LogP contribution >= 0.6 is 0 Å². The Morgan fingerprint density at radius 3 is 2.76 bits per heavy atom. The summed E-state index contributed by atoms with van der Waals surface area (Å²) in [5.41, 5.74) is 1.27. The summed E-state index contributed by atoms with van der Waals surface area (Å²) in [5.74, 6) is 0.172. The molecule has 0 aliphatic rings. The first-order valence-corrected chi connectivity index (χ1v) is 6.10. The van der Waals surface area contributed by atoms with E-state index in [1.165, 1.54) is 19.2 Å². The fraction of sp³-hybridized carbons (Fsp3) is 0.0714. The number of phenols is 1. The molecule has 0 saturated heterocycles. The van der Waals surface area contributed by atoms with Gasteiger partial charge >= 0.3 is 5.69 Å². The Balaban J connectivity index is 2.25. The van der Waals surface area contributed by atoms with Gasteiger partial charge in [0.25, 0.3) is 0 Å². The zero-order chi connectivity index (χ0) is 15.0. The fourth-order valence-corrected chi connectivity index (χ4v) is 2.11. The minimum absolute atomic E-state index is 0.220. The summed E-state index contributed by atoms with van der Waals surface area (Å²) in [5, 5.41) is 21.1. The standard InChI is InChI=1S/C14H11N3O4/c1-21-8-6-9(13(18)12(7-8)17(19)20)14-15-10-4-2-3-5-11(10)16-14/h2-7,18H,1H3,(H,15,16). The topological polar surface area (TPSA) is 101 Å². The van der Waals surface area contributed by atoms with E-state index in [1.54, 1.807) is 6.07 Å². The van der Waals surface area contributed by atoms with E-state index in [0.717, 1.165) is 5.52 Å². The number of hydrogen-bond acceptors (Lipinski definition) is 5. The van der Waals surface area contributed by atoms with Crippen molar-refractivity contribution in [1.29, 1.82) is 0 Å².